The molecule has 0 fully saturated rings. The van der Waals surface area contributed by atoms with Crippen LogP contribution >= 0.6 is 0 Å². The molecule has 98 valence electrons. The van der Waals surface area contributed by atoms with Gasteiger partial charge < -0.3 is 21.9 Å². The highest BCUT2D eigenvalue weighted by Gasteiger charge is 2.25. The third kappa shape index (κ3) is 2.71. The fourth-order valence-corrected chi connectivity index (χ4v) is 1.47. The molecule has 0 saturated heterocycles. The summed E-state index contributed by atoms with van der Waals surface area (Å²) >= 11 is 0. The summed E-state index contributed by atoms with van der Waals surface area (Å²) in [4.78, 5) is 22.2. The average Bonchev–Trinajstić information content (AvgIpc) is 2.21. The molecule has 1 rings (SSSR count). The fourth-order valence-electron chi connectivity index (χ4n) is 1.47. The molecule has 1 amide bonds. The molecule has 0 unspecified atom stereocenters. The Morgan fingerprint density at radius 1 is 1.33 bits per heavy atom. The molecule has 0 aromatic heterocycles. The first-order valence-electron chi connectivity index (χ1n) is 5.36. The quantitative estimate of drug-likeness (QED) is 0.594. The summed E-state index contributed by atoms with van der Waals surface area (Å²) in [5.41, 5.74) is 11.3. The van der Waals surface area contributed by atoms with Gasteiger partial charge in [-0.05, 0) is 38.5 Å². The maximum atomic E-state index is 11.2. The third-order valence-electron chi connectivity index (χ3n) is 2.69. The van der Waals surface area contributed by atoms with E-state index in [-0.39, 0.29) is 11.3 Å². The third-order valence-corrected chi connectivity index (χ3v) is 2.69. The minimum atomic E-state index is -1.11. The van der Waals surface area contributed by atoms with Crippen LogP contribution in [-0.4, -0.2) is 22.5 Å². The lowest BCUT2D eigenvalue weighted by Gasteiger charge is -2.24. The number of nitrogens with one attached hydrogen (secondary N) is 1. The van der Waals surface area contributed by atoms with Crippen molar-refractivity contribution in [2.45, 2.75) is 26.3 Å². The van der Waals surface area contributed by atoms with Crippen LogP contribution in [0.5, 0.6) is 0 Å². The first kappa shape index (κ1) is 13.8. The Morgan fingerprint density at radius 3 is 2.33 bits per heavy atom. The first-order chi connectivity index (χ1) is 8.15. The molecule has 6 nitrogen and oxygen atoms in total. The average molecular weight is 251 g/mol. The van der Waals surface area contributed by atoms with Crippen LogP contribution in [0.4, 0.5) is 11.4 Å². The summed E-state index contributed by atoms with van der Waals surface area (Å²) in [6.45, 7) is 4.92. The van der Waals surface area contributed by atoms with Gasteiger partial charge in [-0.1, -0.05) is 0 Å². The molecule has 6 N–H and O–H groups in total. The van der Waals surface area contributed by atoms with Crippen molar-refractivity contribution in [2.24, 2.45) is 5.73 Å². The lowest BCUT2D eigenvalue weighted by atomic mass is 10.0. The summed E-state index contributed by atoms with van der Waals surface area (Å²) in [6.07, 6.45) is 0. The molecule has 1 aromatic rings. The predicted octanol–water partition coefficient (Wildman–Crippen LogP) is 0.951. The largest absolute Gasteiger partial charge is 0.478 e. The van der Waals surface area contributed by atoms with Crippen molar-refractivity contribution in [3.8, 4) is 0 Å². The highest BCUT2D eigenvalue weighted by molar-refractivity contribution is 5.96. The number of rotatable bonds is 4. The van der Waals surface area contributed by atoms with Crippen molar-refractivity contribution >= 4 is 23.3 Å². The zero-order valence-corrected chi connectivity index (χ0v) is 10.6. The minimum Gasteiger partial charge on any atom is -0.478 e. The molecular formula is C12H17N3O3. The van der Waals surface area contributed by atoms with Crippen LogP contribution < -0.4 is 16.8 Å². The van der Waals surface area contributed by atoms with Crippen molar-refractivity contribution in [3.63, 3.8) is 0 Å². The van der Waals surface area contributed by atoms with Crippen LogP contribution in [0.25, 0.3) is 0 Å². The Morgan fingerprint density at radius 2 is 1.89 bits per heavy atom. The number of anilines is 2. The Hall–Kier alpha value is -2.24. The predicted molar refractivity (Wildman–Crippen MR) is 69.4 cm³/mol. The second-order valence-corrected chi connectivity index (χ2v) is 4.67. The highest BCUT2D eigenvalue weighted by Crippen LogP contribution is 2.25. The molecule has 0 radical (unpaired) electrons. The molecule has 18 heavy (non-hydrogen) atoms. The molecule has 0 saturated carbocycles. The molecule has 0 aliphatic heterocycles. The number of carboxylic acid groups (broad SMARTS) is 1. The van der Waals surface area contributed by atoms with Gasteiger partial charge in [0.2, 0.25) is 5.91 Å². The monoisotopic (exact) mass is 251 g/mol. The van der Waals surface area contributed by atoms with Gasteiger partial charge in [-0.2, -0.15) is 0 Å². The molecule has 0 bridgehead atoms. The van der Waals surface area contributed by atoms with Crippen LogP contribution in [0.2, 0.25) is 0 Å². The van der Waals surface area contributed by atoms with Gasteiger partial charge in [-0.3, -0.25) is 4.79 Å². The summed E-state index contributed by atoms with van der Waals surface area (Å²) in [7, 11) is 0. The summed E-state index contributed by atoms with van der Waals surface area (Å²) in [5, 5.41) is 11.9. The molecular weight excluding hydrogens is 234 g/mol. The number of nitrogens with two attached hydrogens (primary N) is 2. The van der Waals surface area contributed by atoms with E-state index >= 15 is 0 Å². The standard InChI is InChI=1S/C12H17N3O3/c1-6-4-7(15-12(2,3)11(14)18)5-8(9(6)13)10(16)17/h4-5,15H,13H2,1-3H3,(H2,14,18)(H,16,17). The molecule has 0 heterocycles. The van der Waals surface area contributed by atoms with Crippen molar-refractivity contribution in [1.82, 2.24) is 0 Å². The fraction of sp³-hybridized carbons (Fsp3) is 0.333. The van der Waals surface area contributed by atoms with Crippen LogP contribution in [0, 0.1) is 6.92 Å². The van der Waals surface area contributed by atoms with Gasteiger partial charge in [0, 0.05) is 11.4 Å². The molecule has 0 atom stereocenters. The maximum Gasteiger partial charge on any atom is 0.337 e. The molecule has 0 aliphatic carbocycles. The topological polar surface area (TPSA) is 118 Å². The lowest BCUT2D eigenvalue weighted by molar-refractivity contribution is -0.121. The molecule has 6 heteroatoms. The summed E-state index contributed by atoms with van der Waals surface area (Å²) in [5.74, 6) is -1.65. The normalized spacial score (nSPS) is 11.1. The van der Waals surface area contributed by atoms with Crippen LogP contribution in [0.3, 0.4) is 0 Å². The number of amides is 1. The number of nitrogen functional groups attached to an aromatic ring is 1. The maximum absolute atomic E-state index is 11.2. The van der Waals surface area contributed by atoms with E-state index in [0.29, 0.717) is 11.3 Å². The first-order valence-corrected chi connectivity index (χ1v) is 5.36. The number of carbonyl (C=O) groups is 2. The molecule has 0 aliphatic rings. The van der Waals surface area contributed by atoms with Crippen molar-refractivity contribution in [2.75, 3.05) is 11.1 Å². The number of carboxylic acids is 1. The number of aryl methyl sites for hydroxylation is 1. The van der Waals surface area contributed by atoms with Crippen molar-refractivity contribution in [3.05, 3.63) is 23.3 Å². The second kappa shape index (κ2) is 4.56. The Labute approximate surface area is 105 Å². The Bertz CT molecular complexity index is 510. The Kier molecular flexibility index (Phi) is 3.50. The van der Waals surface area contributed by atoms with E-state index in [1.165, 1.54) is 6.07 Å². The van der Waals surface area contributed by atoms with E-state index < -0.39 is 17.4 Å². The highest BCUT2D eigenvalue weighted by atomic mass is 16.4. The SMILES string of the molecule is Cc1cc(NC(C)(C)C(N)=O)cc(C(=O)O)c1N. The van der Waals surface area contributed by atoms with Gasteiger partial charge in [0.1, 0.15) is 5.54 Å². The van der Waals surface area contributed by atoms with Gasteiger partial charge in [0.05, 0.1) is 5.56 Å². The van der Waals surface area contributed by atoms with Gasteiger partial charge in [-0.15, -0.1) is 0 Å². The second-order valence-electron chi connectivity index (χ2n) is 4.67. The van der Waals surface area contributed by atoms with Crippen LogP contribution in [0.1, 0.15) is 29.8 Å². The van der Waals surface area contributed by atoms with E-state index in [2.05, 4.69) is 5.32 Å². The number of primary amides is 1. The van der Waals surface area contributed by atoms with Crippen LogP contribution in [-0.2, 0) is 4.79 Å². The summed E-state index contributed by atoms with van der Waals surface area (Å²) in [6, 6.07) is 3.06. The number of carbonyl (C=O) groups excluding carboxylic acids is 1. The van der Waals surface area contributed by atoms with Gasteiger partial charge in [0.15, 0.2) is 0 Å². The van der Waals surface area contributed by atoms with Crippen molar-refractivity contribution in [1.29, 1.82) is 0 Å². The molecule has 0 spiro atoms. The molecule has 1 aromatic carbocycles. The van der Waals surface area contributed by atoms with Gasteiger partial charge >= 0.3 is 5.97 Å². The van der Waals surface area contributed by atoms with Crippen molar-refractivity contribution < 1.29 is 14.7 Å². The van der Waals surface area contributed by atoms with Gasteiger partial charge in [-0.25, -0.2) is 4.79 Å². The Balaban J connectivity index is 3.20. The number of hydrogen-bond donors (Lipinski definition) is 4. The number of aromatic carboxylic acids is 1. The number of hydrogen-bond acceptors (Lipinski definition) is 4. The van der Waals surface area contributed by atoms with E-state index in [1.807, 2.05) is 0 Å². The van der Waals surface area contributed by atoms with E-state index in [9.17, 15) is 9.59 Å². The lowest BCUT2D eigenvalue weighted by Crippen LogP contribution is -2.45. The van der Waals surface area contributed by atoms with E-state index in [1.54, 1.807) is 26.8 Å². The van der Waals surface area contributed by atoms with E-state index in [4.69, 9.17) is 16.6 Å². The van der Waals surface area contributed by atoms with E-state index in [0.717, 1.165) is 0 Å². The summed E-state index contributed by atoms with van der Waals surface area (Å²) < 4.78 is 0. The van der Waals surface area contributed by atoms with Gasteiger partial charge in [0.25, 0.3) is 0 Å². The zero-order chi connectivity index (χ0) is 14.1. The van der Waals surface area contributed by atoms with Crippen LogP contribution in [0.15, 0.2) is 12.1 Å². The smallest absolute Gasteiger partial charge is 0.337 e. The zero-order valence-electron chi connectivity index (χ0n) is 10.6. The number of benzene rings is 1. The minimum absolute atomic E-state index is 0.00206.